The van der Waals surface area contributed by atoms with E-state index < -0.39 is 5.60 Å². The van der Waals surface area contributed by atoms with Crippen LogP contribution in [-0.4, -0.2) is 15.4 Å². The highest BCUT2D eigenvalue weighted by molar-refractivity contribution is 5.58. The second kappa shape index (κ2) is 6.65. The van der Waals surface area contributed by atoms with Gasteiger partial charge in [0.1, 0.15) is 11.4 Å². The van der Waals surface area contributed by atoms with Gasteiger partial charge in [-0.15, -0.1) is 0 Å². The van der Waals surface area contributed by atoms with E-state index in [-0.39, 0.29) is 11.6 Å². The second-order valence-corrected chi connectivity index (χ2v) is 7.81. The smallest absolute Gasteiger partial charge is 0.267 e. The summed E-state index contributed by atoms with van der Waals surface area (Å²) < 4.78 is 7.61. The Morgan fingerprint density at radius 3 is 2.61 bits per heavy atom. The molecule has 2 aromatic carbocycles. The van der Waals surface area contributed by atoms with Crippen molar-refractivity contribution in [3.63, 3.8) is 0 Å². The minimum Gasteiger partial charge on any atom is -0.487 e. The van der Waals surface area contributed by atoms with Gasteiger partial charge in [-0.25, -0.2) is 4.68 Å². The number of aryl methyl sites for hydroxylation is 1. The molecular weight excluding hydrogens is 350 g/mol. The van der Waals surface area contributed by atoms with E-state index in [1.54, 1.807) is 30.3 Å². The zero-order valence-corrected chi connectivity index (χ0v) is 16.1. The van der Waals surface area contributed by atoms with E-state index in [1.165, 1.54) is 10.2 Å². The van der Waals surface area contributed by atoms with Crippen molar-refractivity contribution in [3.8, 4) is 23.1 Å². The lowest BCUT2D eigenvalue weighted by Crippen LogP contribution is -2.40. The first kappa shape index (κ1) is 18.0. The first-order valence-corrected chi connectivity index (χ1v) is 9.26. The molecule has 3 aromatic rings. The molecule has 1 aliphatic rings. The fourth-order valence-electron chi connectivity index (χ4n) is 3.63. The van der Waals surface area contributed by atoms with Gasteiger partial charge in [0, 0.05) is 23.6 Å². The highest BCUT2D eigenvalue weighted by Gasteiger charge is 2.36. The third-order valence-corrected chi connectivity index (χ3v) is 5.04. The number of ether oxygens (including phenoxy) is 1. The van der Waals surface area contributed by atoms with Gasteiger partial charge in [0.2, 0.25) is 0 Å². The molecular formula is C23H21N3O2. The van der Waals surface area contributed by atoms with Crippen molar-refractivity contribution in [2.75, 3.05) is 0 Å². The maximum atomic E-state index is 12.7. The molecule has 0 spiro atoms. The topological polar surface area (TPSA) is 67.9 Å². The number of nitrogens with zero attached hydrogens (tertiary/aromatic N) is 3. The van der Waals surface area contributed by atoms with Crippen LogP contribution in [0.15, 0.2) is 59.4 Å². The Morgan fingerprint density at radius 2 is 1.89 bits per heavy atom. The quantitative estimate of drug-likeness (QED) is 0.676. The summed E-state index contributed by atoms with van der Waals surface area (Å²) in [5.41, 5.74) is 3.59. The van der Waals surface area contributed by atoms with Gasteiger partial charge in [0.15, 0.2) is 0 Å². The summed E-state index contributed by atoms with van der Waals surface area (Å²) in [6.07, 6.45) is 0.582. The largest absolute Gasteiger partial charge is 0.487 e. The number of hydrogen-bond donors (Lipinski definition) is 0. The predicted octanol–water partition coefficient (Wildman–Crippen LogP) is 4.24. The third kappa shape index (κ3) is 3.29. The SMILES string of the molecule is Cc1ccc(-c2ccc(=O)n([C@H]3CC(C)(C)Oc4ccc(C#N)cc43)n2)cc1. The molecule has 1 atom stereocenters. The molecule has 1 aliphatic heterocycles. The van der Waals surface area contributed by atoms with Crippen LogP contribution in [0.25, 0.3) is 11.3 Å². The van der Waals surface area contributed by atoms with Crippen LogP contribution in [0.5, 0.6) is 5.75 Å². The molecule has 4 rings (SSSR count). The highest BCUT2D eigenvalue weighted by atomic mass is 16.5. The lowest BCUT2D eigenvalue weighted by molar-refractivity contribution is 0.0639. The van der Waals surface area contributed by atoms with Crippen molar-refractivity contribution in [1.82, 2.24) is 9.78 Å². The summed E-state index contributed by atoms with van der Waals surface area (Å²) in [5.74, 6) is 0.690. The first-order valence-electron chi connectivity index (χ1n) is 9.26. The normalized spacial score (nSPS) is 17.3. The molecule has 0 aliphatic carbocycles. The number of aromatic nitrogens is 2. The van der Waals surface area contributed by atoms with Crippen molar-refractivity contribution >= 4 is 0 Å². The molecule has 2 heterocycles. The molecule has 0 unspecified atom stereocenters. The average molecular weight is 371 g/mol. The Morgan fingerprint density at radius 1 is 1.14 bits per heavy atom. The van der Waals surface area contributed by atoms with Crippen LogP contribution in [-0.2, 0) is 0 Å². The van der Waals surface area contributed by atoms with E-state index >= 15 is 0 Å². The molecule has 28 heavy (non-hydrogen) atoms. The molecule has 0 radical (unpaired) electrons. The van der Waals surface area contributed by atoms with Crippen molar-refractivity contribution in [2.45, 2.75) is 38.8 Å². The van der Waals surface area contributed by atoms with E-state index in [1.807, 2.05) is 45.0 Å². The molecule has 0 saturated heterocycles. The van der Waals surface area contributed by atoms with Crippen LogP contribution in [0, 0.1) is 18.3 Å². The van der Waals surface area contributed by atoms with E-state index in [9.17, 15) is 10.1 Å². The number of fused-ring (bicyclic) bond motifs is 1. The van der Waals surface area contributed by atoms with Gasteiger partial charge in [-0.1, -0.05) is 29.8 Å². The monoisotopic (exact) mass is 371 g/mol. The fraction of sp³-hybridized carbons (Fsp3) is 0.261. The summed E-state index contributed by atoms with van der Waals surface area (Å²) in [6.45, 7) is 6.03. The Labute approximate surface area is 163 Å². The van der Waals surface area contributed by atoms with Crippen LogP contribution in [0.2, 0.25) is 0 Å². The summed E-state index contributed by atoms with van der Waals surface area (Å²) in [6, 6.07) is 18.6. The van der Waals surface area contributed by atoms with Crippen LogP contribution >= 0.6 is 0 Å². The lowest BCUT2D eigenvalue weighted by Gasteiger charge is -2.37. The van der Waals surface area contributed by atoms with Gasteiger partial charge < -0.3 is 4.74 Å². The highest BCUT2D eigenvalue weighted by Crippen LogP contribution is 2.41. The number of benzene rings is 2. The molecule has 1 aromatic heterocycles. The van der Waals surface area contributed by atoms with Crippen LogP contribution in [0.1, 0.15) is 43.0 Å². The van der Waals surface area contributed by atoms with Gasteiger partial charge in [-0.3, -0.25) is 4.79 Å². The fourth-order valence-corrected chi connectivity index (χ4v) is 3.63. The molecule has 0 fully saturated rings. The molecule has 0 saturated carbocycles. The van der Waals surface area contributed by atoms with E-state index in [4.69, 9.17) is 4.74 Å². The minimum absolute atomic E-state index is 0.174. The van der Waals surface area contributed by atoms with E-state index in [0.29, 0.717) is 17.7 Å². The predicted molar refractivity (Wildman–Crippen MR) is 107 cm³/mol. The van der Waals surface area contributed by atoms with Gasteiger partial charge in [-0.05, 0) is 45.0 Å². The van der Waals surface area contributed by atoms with Crippen molar-refractivity contribution in [1.29, 1.82) is 5.26 Å². The van der Waals surface area contributed by atoms with Crippen molar-refractivity contribution in [3.05, 3.63) is 81.6 Å². The van der Waals surface area contributed by atoms with Crippen molar-refractivity contribution in [2.24, 2.45) is 0 Å². The first-order chi connectivity index (χ1) is 13.4. The summed E-state index contributed by atoms with van der Waals surface area (Å²) in [4.78, 5) is 12.7. The van der Waals surface area contributed by atoms with Crippen LogP contribution in [0.4, 0.5) is 0 Å². The van der Waals surface area contributed by atoms with E-state index in [2.05, 4.69) is 11.2 Å². The van der Waals surface area contributed by atoms with Gasteiger partial charge in [0.25, 0.3) is 5.56 Å². The lowest BCUT2D eigenvalue weighted by atomic mass is 9.89. The number of rotatable bonds is 2. The second-order valence-electron chi connectivity index (χ2n) is 7.81. The van der Waals surface area contributed by atoms with Crippen LogP contribution < -0.4 is 10.3 Å². The maximum Gasteiger partial charge on any atom is 0.267 e. The number of hydrogen-bond acceptors (Lipinski definition) is 4. The molecule has 0 amide bonds. The van der Waals surface area contributed by atoms with E-state index in [0.717, 1.165) is 16.8 Å². The molecule has 140 valence electrons. The Kier molecular flexibility index (Phi) is 4.27. The number of nitriles is 1. The summed E-state index contributed by atoms with van der Waals surface area (Å²) >= 11 is 0. The Bertz CT molecular complexity index is 1140. The van der Waals surface area contributed by atoms with Crippen molar-refractivity contribution < 1.29 is 4.74 Å². The summed E-state index contributed by atoms with van der Waals surface area (Å²) in [5, 5.41) is 14.0. The Balaban J connectivity index is 1.87. The molecule has 5 nitrogen and oxygen atoms in total. The summed E-state index contributed by atoms with van der Waals surface area (Å²) in [7, 11) is 0. The molecule has 5 heteroatoms. The minimum atomic E-state index is -0.452. The average Bonchev–Trinajstić information content (AvgIpc) is 2.67. The van der Waals surface area contributed by atoms with Gasteiger partial charge >= 0.3 is 0 Å². The molecule has 0 N–H and O–H groups in total. The van der Waals surface area contributed by atoms with Crippen LogP contribution in [0.3, 0.4) is 0 Å². The van der Waals surface area contributed by atoms with Gasteiger partial charge in [-0.2, -0.15) is 10.4 Å². The zero-order valence-electron chi connectivity index (χ0n) is 16.1. The molecule has 0 bridgehead atoms. The zero-order chi connectivity index (χ0) is 19.9. The standard InChI is InChI=1S/C23H21N3O2/c1-15-4-7-17(8-5-15)19-9-11-22(27)26(25-19)20-13-23(2,3)28-21-10-6-16(14-24)12-18(20)21/h4-12,20H,13H2,1-3H3/t20-/m0/s1. The Hall–Kier alpha value is -3.39. The van der Waals surface area contributed by atoms with Gasteiger partial charge in [0.05, 0.1) is 23.4 Å². The maximum absolute atomic E-state index is 12.7. The third-order valence-electron chi connectivity index (χ3n) is 5.04.